The molecule has 250 valence electrons. The van der Waals surface area contributed by atoms with Crippen LogP contribution in [0.1, 0.15) is 0 Å². The van der Waals surface area contributed by atoms with Gasteiger partial charge < -0.3 is 9.13 Å². The maximum absolute atomic E-state index is 5.17. The van der Waals surface area contributed by atoms with Crippen molar-refractivity contribution >= 4 is 54.4 Å². The molecular weight excluding hydrogens is 659 g/mol. The molecule has 0 unspecified atom stereocenters. The lowest BCUT2D eigenvalue weighted by atomic mass is 9.98. The Hall–Kier alpha value is -7.37. The predicted molar refractivity (Wildman–Crippen MR) is 221 cm³/mol. The van der Waals surface area contributed by atoms with Crippen molar-refractivity contribution in [1.29, 1.82) is 0 Å². The number of hydrogen-bond donors (Lipinski definition) is 0. The van der Waals surface area contributed by atoms with Gasteiger partial charge in [-0.3, -0.25) is 0 Å². The largest absolute Gasteiger partial charge is 0.309 e. The van der Waals surface area contributed by atoms with E-state index in [1.54, 1.807) is 0 Å². The van der Waals surface area contributed by atoms with Gasteiger partial charge in [-0.1, -0.05) is 127 Å². The highest BCUT2D eigenvalue weighted by molar-refractivity contribution is 6.38. The molecule has 0 amide bonds. The summed E-state index contributed by atoms with van der Waals surface area (Å²) < 4.78 is 4.86. The standard InChI is InChI=1S/C49H29N5/c1-4-14-31(15-5-1)47-50-48(32-16-6-2-7-17-32)52-49(51-47)36-20-10-11-23-37(36)54-39-25-13-22-35-34-21-12-24-38-43(34)45-40(53(38)33-18-8-3-9-19-33)28-26-30-27-29-41(54)46(42(30)45)44(35)39/h1-29H. The highest BCUT2D eigenvalue weighted by atomic mass is 15.1. The highest BCUT2D eigenvalue weighted by Crippen LogP contribution is 2.51. The SMILES string of the molecule is c1ccc(-c2nc(-c3ccccc3)nc(-c3ccccc3-n3c4cccc5c4c4c6c(ccc7c6c6c-5cccc6n7-c5ccccc5)ccc43)n2)cc1. The third kappa shape index (κ3) is 4.01. The van der Waals surface area contributed by atoms with Crippen LogP contribution in [-0.4, -0.2) is 24.1 Å². The van der Waals surface area contributed by atoms with E-state index in [0.29, 0.717) is 17.5 Å². The van der Waals surface area contributed by atoms with E-state index in [-0.39, 0.29) is 0 Å². The highest BCUT2D eigenvalue weighted by Gasteiger charge is 2.28. The average Bonchev–Trinajstić information content (AvgIpc) is 3.73. The molecule has 3 heterocycles. The predicted octanol–water partition coefficient (Wildman–Crippen LogP) is 12.2. The number of para-hydroxylation sites is 2. The van der Waals surface area contributed by atoms with E-state index in [0.717, 1.165) is 39.1 Å². The van der Waals surface area contributed by atoms with Crippen LogP contribution in [0.15, 0.2) is 176 Å². The van der Waals surface area contributed by atoms with Gasteiger partial charge >= 0.3 is 0 Å². The summed E-state index contributed by atoms with van der Waals surface area (Å²) in [6.45, 7) is 0. The van der Waals surface area contributed by atoms with Crippen LogP contribution in [0.2, 0.25) is 0 Å². The molecule has 0 saturated carbocycles. The van der Waals surface area contributed by atoms with Gasteiger partial charge in [0, 0.05) is 49.3 Å². The van der Waals surface area contributed by atoms with Crippen molar-refractivity contribution in [3.05, 3.63) is 176 Å². The van der Waals surface area contributed by atoms with Gasteiger partial charge in [-0.05, 0) is 65.0 Å². The number of fused-ring (bicyclic) bond motifs is 1. The number of benzene rings is 8. The second kappa shape index (κ2) is 11.1. The fourth-order valence-corrected chi connectivity index (χ4v) is 8.86. The molecule has 0 bridgehead atoms. The third-order valence-electron chi connectivity index (χ3n) is 11.1. The van der Waals surface area contributed by atoms with E-state index in [9.17, 15) is 0 Å². The van der Waals surface area contributed by atoms with Crippen LogP contribution < -0.4 is 0 Å². The monoisotopic (exact) mass is 687 g/mol. The molecule has 0 spiro atoms. The van der Waals surface area contributed by atoms with Crippen LogP contribution in [0.4, 0.5) is 0 Å². The Morgan fingerprint density at radius 2 is 0.759 bits per heavy atom. The molecule has 1 aliphatic rings. The number of nitrogens with zero attached hydrogens (tertiary/aromatic N) is 5. The Bertz CT molecular complexity index is 3250. The zero-order valence-electron chi connectivity index (χ0n) is 29.0. The Morgan fingerprint density at radius 3 is 1.37 bits per heavy atom. The molecule has 8 aromatic carbocycles. The van der Waals surface area contributed by atoms with Crippen LogP contribution in [0.25, 0.3) is 111 Å². The lowest BCUT2D eigenvalue weighted by Gasteiger charge is -2.15. The summed E-state index contributed by atoms with van der Waals surface area (Å²) in [5, 5.41) is 7.67. The fraction of sp³-hybridized carbons (Fsp3) is 0. The fourth-order valence-electron chi connectivity index (χ4n) is 8.86. The van der Waals surface area contributed by atoms with Crippen LogP contribution >= 0.6 is 0 Å². The maximum Gasteiger partial charge on any atom is 0.166 e. The maximum atomic E-state index is 5.17. The molecule has 0 fully saturated rings. The van der Waals surface area contributed by atoms with E-state index < -0.39 is 0 Å². The van der Waals surface area contributed by atoms with Crippen molar-refractivity contribution in [2.75, 3.05) is 0 Å². The Balaban J connectivity index is 1.20. The Kier molecular flexibility index (Phi) is 5.99. The van der Waals surface area contributed by atoms with E-state index >= 15 is 0 Å². The number of rotatable bonds is 5. The molecule has 0 atom stereocenters. The van der Waals surface area contributed by atoms with Crippen LogP contribution in [0.5, 0.6) is 0 Å². The smallest absolute Gasteiger partial charge is 0.166 e. The molecule has 54 heavy (non-hydrogen) atoms. The lowest BCUT2D eigenvalue weighted by Crippen LogP contribution is -2.03. The summed E-state index contributed by atoms with van der Waals surface area (Å²) in [5.74, 6) is 1.92. The Labute approximate surface area is 310 Å². The van der Waals surface area contributed by atoms with Gasteiger partial charge in [-0.25, -0.2) is 15.0 Å². The second-order valence-electron chi connectivity index (χ2n) is 14.0. The first-order chi connectivity index (χ1) is 26.8. The molecule has 0 saturated heterocycles. The van der Waals surface area contributed by atoms with Crippen LogP contribution in [0, 0.1) is 0 Å². The average molecular weight is 688 g/mol. The van der Waals surface area contributed by atoms with Crippen molar-refractivity contribution in [3.63, 3.8) is 0 Å². The summed E-state index contributed by atoms with van der Waals surface area (Å²) in [6, 6.07) is 62.3. The molecule has 12 rings (SSSR count). The van der Waals surface area contributed by atoms with Gasteiger partial charge in [0.2, 0.25) is 0 Å². The van der Waals surface area contributed by atoms with Crippen LogP contribution in [-0.2, 0) is 0 Å². The quantitative estimate of drug-likeness (QED) is 0.181. The molecule has 5 heteroatoms. The molecule has 5 nitrogen and oxygen atoms in total. The van der Waals surface area contributed by atoms with Crippen molar-refractivity contribution < 1.29 is 0 Å². The first-order valence-corrected chi connectivity index (χ1v) is 18.3. The second-order valence-corrected chi connectivity index (χ2v) is 14.0. The molecule has 11 aromatic rings. The molecule has 0 N–H and O–H groups in total. The summed E-state index contributed by atoms with van der Waals surface area (Å²) in [5.41, 5.74) is 12.2. The van der Waals surface area contributed by atoms with Crippen LogP contribution in [0.3, 0.4) is 0 Å². The van der Waals surface area contributed by atoms with Gasteiger partial charge in [0.15, 0.2) is 17.5 Å². The molecule has 0 aliphatic heterocycles. The summed E-state index contributed by atoms with van der Waals surface area (Å²) in [6.07, 6.45) is 0. The number of hydrogen-bond acceptors (Lipinski definition) is 3. The summed E-state index contributed by atoms with van der Waals surface area (Å²) in [7, 11) is 0. The third-order valence-corrected chi connectivity index (χ3v) is 11.1. The van der Waals surface area contributed by atoms with Crippen molar-refractivity contribution in [1.82, 2.24) is 24.1 Å². The molecule has 0 radical (unpaired) electrons. The van der Waals surface area contributed by atoms with Gasteiger partial charge in [0.25, 0.3) is 0 Å². The first kappa shape index (κ1) is 29.2. The summed E-state index contributed by atoms with van der Waals surface area (Å²) >= 11 is 0. The Morgan fingerprint density at radius 1 is 0.296 bits per heavy atom. The van der Waals surface area contributed by atoms with E-state index in [2.05, 4.69) is 149 Å². The van der Waals surface area contributed by atoms with E-state index in [1.807, 2.05) is 36.4 Å². The minimum atomic E-state index is 0.631. The van der Waals surface area contributed by atoms with Crippen molar-refractivity contribution in [3.8, 4) is 56.7 Å². The van der Waals surface area contributed by atoms with Crippen molar-refractivity contribution in [2.45, 2.75) is 0 Å². The summed E-state index contributed by atoms with van der Waals surface area (Å²) in [4.78, 5) is 15.3. The minimum Gasteiger partial charge on any atom is -0.309 e. The van der Waals surface area contributed by atoms with Gasteiger partial charge in [-0.15, -0.1) is 0 Å². The first-order valence-electron chi connectivity index (χ1n) is 18.3. The minimum absolute atomic E-state index is 0.631. The molecule has 1 aliphatic carbocycles. The molecule has 3 aromatic heterocycles. The van der Waals surface area contributed by atoms with E-state index in [4.69, 9.17) is 15.0 Å². The van der Waals surface area contributed by atoms with Gasteiger partial charge in [0.05, 0.1) is 27.8 Å². The number of aromatic nitrogens is 5. The van der Waals surface area contributed by atoms with Crippen molar-refractivity contribution in [2.24, 2.45) is 0 Å². The van der Waals surface area contributed by atoms with Gasteiger partial charge in [0.1, 0.15) is 0 Å². The molecular formula is C49H29N5. The topological polar surface area (TPSA) is 48.5 Å². The zero-order chi connectivity index (χ0) is 35.3. The van der Waals surface area contributed by atoms with Gasteiger partial charge in [-0.2, -0.15) is 0 Å². The lowest BCUT2D eigenvalue weighted by molar-refractivity contribution is 1.06. The normalized spacial score (nSPS) is 12.1. The zero-order valence-corrected chi connectivity index (χ0v) is 29.0. The van der Waals surface area contributed by atoms with E-state index in [1.165, 1.54) is 54.5 Å².